The first-order chi connectivity index (χ1) is 10.2. The molecule has 0 spiro atoms. The molecule has 5 heteroatoms. The van der Waals surface area contributed by atoms with Crippen LogP contribution in [-0.2, 0) is 18.4 Å². The van der Waals surface area contributed by atoms with Gasteiger partial charge in [0.25, 0.3) is 0 Å². The largest absolute Gasteiger partial charge is 0.497 e. The lowest BCUT2D eigenvalue weighted by atomic mass is 9.99. The maximum atomic E-state index is 6.34. The molecule has 0 bridgehead atoms. The van der Waals surface area contributed by atoms with Gasteiger partial charge in [-0.3, -0.25) is 0 Å². The van der Waals surface area contributed by atoms with Crippen molar-refractivity contribution in [2.24, 2.45) is 5.73 Å². The summed E-state index contributed by atoms with van der Waals surface area (Å²) in [6, 6.07) is 8.02. The fraction of sp³-hybridized carbons (Fsp3) is 0.500. The Morgan fingerprint density at radius 3 is 2.86 bits per heavy atom. The third-order valence-corrected chi connectivity index (χ3v) is 4.17. The molecule has 3 rings (SSSR count). The summed E-state index contributed by atoms with van der Waals surface area (Å²) in [6.45, 7) is 0. The Bertz CT molecular complexity index is 603. The third kappa shape index (κ3) is 3.08. The van der Waals surface area contributed by atoms with Gasteiger partial charge in [-0.2, -0.15) is 4.98 Å². The summed E-state index contributed by atoms with van der Waals surface area (Å²) in [6.07, 6.45) is 5.74. The van der Waals surface area contributed by atoms with Gasteiger partial charge in [0.05, 0.1) is 12.6 Å². The molecular weight excluding hydrogens is 266 g/mol. The molecule has 1 aliphatic carbocycles. The second kappa shape index (κ2) is 5.85. The van der Waals surface area contributed by atoms with E-state index >= 15 is 0 Å². The van der Waals surface area contributed by atoms with E-state index in [1.54, 1.807) is 7.11 Å². The number of aryl methyl sites for hydroxylation is 2. The van der Waals surface area contributed by atoms with Crippen molar-refractivity contribution in [1.29, 1.82) is 0 Å². The van der Waals surface area contributed by atoms with Crippen LogP contribution in [-0.4, -0.2) is 17.3 Å². The highest BCUT2D eigenvalue weighted by Gasteiger charge is 2.35. The molecule has 1 saturated carbocycles. The topological polar surface area (TPSA) is 74.2 Å². The number of rotatable bonds is 5. The van der Waals surface area contributed by atoms with E-state index in [1.165, 1.54) is 5.56 Å². The third-order valence-electron chi connectivity index (χ3n) is 4.17. The molecule has 1 heterocycles. The molecule has 1 fully saturated rings. The molecule has 1 aliphatic rings. The minimum Gasteiger partial charge on any atom is -0.497 e. The highest BCUT2D eigenvalue weighted by molar-refractivity contribution is 5.28. The summed E-state index contributed by atoms with van der Waals surface area (Å²) in [4.78, 5) is 4.49. The van der Waals surface area contributed by atoms with E-state index in [0.717, 1.165) is 44.3 Å². The maximum absolute atomic E-state index is 6.34. The highest BCUT2D eigenvalue weighted by Crippen LogP contribution is 2.34. The van der Waals surface area contributed by atoms with Crippen LogP contribution in [0.1, 0.15) is 43.0 Å². The van der Waals surface area contributed by atoms with Crippen molar-refractivity contribution in [3.05, 3.63) is 41.5 Å². The Labute approximate surface area is 124 Å². The number of nitrogens with zero attached hydrogens (tertiary/aromatic N) is 2. The first kappa shape index (κ1) is 14.1. The van der Waals surface area contributed by atoms with Gasteiger partial charge in [0.1, 0.15) is 5.75 Å². The first-order valence-corrected chi connectivity index (χ1v) is 7.44. The van der Waals surface area contributed by atoms with E-state index in [1.807, 2.05) is 18.2 Å². The van der Waals surface area contributed by atoms with Gasteiger partial charge in [-0.1, -0.05) is 30.1 Å². The van der Waals surface area contributed by atoms with Gasteiger partial charge < -0.3 is 15.0 Å². The van der Waals surface area contributed by atoms with Crippen LogP contribution in [0.2, 0.25) is 0 Å². The number of nitrogens with two attached hydrogens (primary N) is 1. The molecule has 2 aromatic rings. The zero-order valence-electron chi connectivity index (χ0n) is 12.3. The molecule has 1 aromatic heterocycles. The summed E-state index contributed by atoms with van der Waals surface area (Å²) in [5, 5.41) is 4.08. The van der Waals surface area contributed by atoms with Crippen molar-refractivity contribution >= 4 is 0 Å². The van der Waals surface area contributed by atoms with Gasteiger partial charge in [0.15, 0.2) is 5.82 Å². The van der Waals surface area contributed by atoms with Crippen molar-refractivity contribution in [2.75, 3.05) is 7.11 Å². The fourth-order valence-electron chi connectivity index (χ4n) is 2.87. The predicted molar refractivity (Wildman–Crippen MR) is 79.0 cm³/mol. The van der Waals surface area contributed by atoms with Crippen LogP contribution in [0.3, 0.4) is 0 Å². The van der Waals surface area contributed by atoms with Crippen LogP contribution < -0.4 is 10.5 Å². The molecule has 0 amide bonds. The lowest BCUT2D eigenvalue weighted by Gasteiger charge is -2.17. The number of hydrogen-bond donors (Lipinski definition) is 1. The van der Waals surface area contributed by atoms with Crippen molar-refractivity contribution in [3.63, 3.8) is 0 Å². The standard InChI is InChI=1S/C16H21N3O2/c1-20-13-6-4-5-12(11-13)7-8-14-18-15(19-21-14)16(17)9-2-3-10-16/h4-6,11H,2-3,7-10,17H2,1H3. The van der Waals surface area contributed by atoms with Gasteiger partial charge in [0, 0.05) is 6.42 Å². The average Bonchev–Trinajstić information content (AvgIpc) is 3.15. The lowest BCUT2D eigenvalue weighted by Crippen LogP contribution is -2.34. The Kier molecular flexibility index (Phi) is 3.92. The maximum Gasteiger partial charge on any atom is 0.227 e. The summed E-state index contributed by atoms with van der Waals surface area (Å²) in [5.74, 6) is 2.19. The Hall–Kier alpha value is -1.88. The lowest BCUT2D eigenvalue weighted by molar-refractivity contribution is 0.348. The molecule has 0 unspecified atom stereocenters. The SMILES string of the molecule is COc1cccc(CCc2nc(C3(N)CCCC3)no2)c1. The first-order valence-electron chi connectivity index (χ1n) is 7.44. The monoisotopic (exact) mass is 287 g/mol. The van der Waals surface area contributed by atoms with Crippen LogP contribution in [0.15, 0.2) is 28.8 Å². The number of benzene rings is 1. The zero-order valence-corrected chi connectivity index (χ0v) is 12.3. The van der Waals surface area contributed by atoms with Crippen molar-refractivity contribution in [2.45, 2.75) is 44.1 Å². The number of methoxy groups -OCH3 is 1. The summed E-state index contributed by atoms with van der Waals surface area (Å²) in [7, 11) is 1.67. The summed E-state index contributed by atoms with van der Waals surface area (Å²) < 4.78 is 10.6. The molecule has 21 heavy (non-hydrogen) atoms. The Balaban J connectivity index is 1.64. The van der Waals surface area contributed by atoms with Gasteiger partial charge in [-0.25, -0.2) is 0 Å². The molecule has 2 N–H and O–H groups in total. The second-order valence-corrected chi connectivity index (χ2v) is 5.73. The van der Waals surface area contributed by atoms with Gasteiger partial charge >= 0.3 is 0 Å². The molecule has 5 nitrogen and oxygen atoms in total. The molecule has 112 valence electrons. The Morgan fingerprint density at radius 2 is 2.10 bits per heavy atom. The summed E-state index contributed by atoms with van der Waals surface area (Å²) >= 11 is 0. The van der Waals surface area contributed by atoms with Crippen LogP contribution in [0.5, 0.6) is 5.75 Å². The normalized spacial score (nSPS) is 17.0. The fourth-order valence-corrected chi connectivity index (χ4v) is 2.87. The van der Waals surface area contributed by atoms with Gasteiger partial charge in [-0.05, 0) is 37.0 Å². The second-order valence-electron chi connectivity index (χ2n) is 5.73. The molecule has 0 saturated heterocycles. The van der Waals surface area contributed by atoms with E-state index in [9.17, 15) is 0 Å². The van der Waals surface area contributed by atoms with Crippen molar-refractivity contribution in [1.82, 2.24) is 10.1 Å². The highest BCUT2D eigenvalue weighted by atomic mass is 16.5. The Morgan fingerprint density at radius 1 is 1.29 bits per heavy atom. The molecule has 0 atom stereocenters. The van der Waals surface area contributed by atoms with E-state index < -0.39 is 0 Å². The van der Waals surface area contributed by atoms with Gasteiger partial charge in [-0.15, -0.1) is 0 Å². The van der Waals surface area contributed by atoms with Gasteiger partial charge in [0.2, 0.25) is 5.89 Å². The quantitative estimate of drug-likeness (QED) is 0.915. The smallest absolute Gasteiger partial charge is 0.227 e. The van der Waals surface area contributed by atoms with E-state index in [2.05, 4.69) is 16.2 Å². The molecule has 0 aliphatic heterocycles. The van der Waals surface area contributed by atoms with Crippen LogP contribution in [0.4, 0.5) is 0 Å². The zero-order chi connectivity index (χ0) is 14.7. The predicted octanol–water partition coefficient (Wildman–Crippen LogP) is 2.59. The minimum absolute atomic E-state index is 0.377. The number of hydrogen-bond acceptors (Lipinski definition) is 5. The van der Waals surface area contributed by atoms with E-state index in [4.69, 9.17) is 15.0 Å². The van der Waals surface area contributed by atoms with Crippen LogP contribution in [0.25, 0.3) is 0 Å². The number of ether oxygens (including phenoxy) is 1. The number of aromatic nitrogens is 2. The average molecular weight is 287 g/mol. The van der Waals surface area contributed by atoms with Crippen molar-refractivity contribution < 1.29 is 9.26 Å². The molecular formula is C16H21N3O2. The summed E-state index contributed by atoms with van der Waals surface area (Å²) in [5.41, 5.74) is 7.15. The van der Waals surface area contributed by atoms with Crippen LogP contribution in [0, 0.1) is 0 Å². The molecule has 1 aromatic carbocycles. The molecule has 0 radical (unpaired) electrons. The van der Waals surface area contributed by atoms with Crippen molar-refractivity contribution in [3.8, 4) is 5.75 Å². The van der Waals surface area contributed by atoms with Crippen LogP contribution >= 0.6 is 0 Å². The minimum atomic E-state index is -0.377. The van der Waals surface area contributed by atoms with E-state index in [-0.39, 0.29) is 5.54 Å². The van der Waals surface area contributed by atoms with E-state index in [0.29, 0.717) is 11.7 Å².